The van der Waals surface area contributed by atoms with Gasteiger partial charge in [-0.15, -0.1) is 5.10 Å². The lowest BCUT2D eigenvalue weighted by molar-refractivity contribution is -0.118. The van der Waals surface area contributed by atoms with Crippen molar-refractivity contribution in [1.29, 1.82) is 0 Å². The average molecular weight is 307 g/mol. The second-order valence-electron chi connectivity index (χ2n) is 4.96. The van der Waals surface area contributed by atoms with Gasteiger partial charge >= 0.3 is 0 Å². The van der Waals surface area contributed by atoms with Crippen LogP contribution < -0.4 is 5.32 Å². The maximum Gasteiger partial charge on any atom is 0.239 e. The van der Waals surface area contributed by atoms with Crippen LogP contribution >= 0.6 is 11.8 Å². The van der Waals surface area contributed by atoms with Gasteiger partial charge in [0, 0.05) is 0 Å². The standard InChI is InChI=1S/C15H21N3O2S/c1-2-3-4-5-6-9-13-14(19)17-15(21-13)18-16-11-12-8-7-10-20-12/h7-8,10-11,13H,2-6,9H2,1H3,(H,17,18,19)/b16-11+. The first kappa shape index (κ1) is 15.8. The van der Waals surface area contributed by atoms with Crippen LogP contribution in [0.25, 0.3) is 0 Å². The zero-order valence-corrected chi connectivity index (χ0v) is 13.1. The Bertz CT molecular complexity index is 497. The maximum absolute atomic E-state index is 11.8. The van der Waals surface area contributed by atoms with E-state index in [-0.39, 0.29) is 11.2 Å². The highest BCUT2D eigenvalue weighted by atomic mass is 32.2. The van der Waals surface area contributed by atoms with E-state index in [9.17, 15) is 4.79 Å². The Morgan fingerprint density at radius 1 is 1.38 bits per heavy atom. The van der Waals surface area contributed by atoms with Crippen LogP contribution in [0.2, 0.25) is 0 Å². The predicted molar refractivity (Wildman–Crippen MR) is 86.6 cm³/mol. The fraction of sp³-hybridized carbons (Fsp3) is 0.533. The molecule has 2 heterocycles. The SMILES string of the molecule is CCCCCCCC1S/C(=N/N=C/c2ccco2)NC1=O. The lowest BCUT2D eigenvalue weighted by atomic mass is 10.1. The third kappa shape index (κ3) is 5.38. The van der Waals surface area contributed by atoms with Gasteiger partial charge in [0.1, 0.15) is 5.76 Å². The molecule has 0 aliphatic carbocycles. The normalized spacial score (nSPS) is 20.5. The summed E-state index contributed by atoms with van der Waals surface area (Å²) in [7, 11) is 0. The zero-order chi connectivity index (χ0) is 14.9. The van der Waals surface area contributed by atoms with Crippen molar-refractivity contribution >= 4 is 29.1 Å². The Balaban J connectivity index is 1.74. The number of furan rings is 1. The zero-order valence-electron chi connectivity index (χ0n) is 12.2. The molecule has 0 spiro atoms. The van der Waals surface area contributed by atoms with Crippen LogP contribution in [0.1, 0.15) is 51.2 Å². The first-order chi connectivity index (χ1) is 10.3. The minimum Gasteiger partial charge on any atom is -0.463 e. The van der Waals surface area contributed by atoms with Gasteiger partial charge in [-0.05, 0) is 18.6 Å². The summed E-state index contributed by atoms with van der Waals surface area (Å²) in [6.07, 6.45) is 10.1. The lowest BCUT2D eigenvalue weighted by Crippen LogP contribution is -2.24. The first-order valence-corrected chi connectivity index (χ1v) is 8.29. The summed E-state index contributed by atoms with van der Waals surface area (Å²) < 4.78 is 5.11. The molecule has 1 atom stereocenters. The van der Waals surface area contributed by atoms with E-state index >= 15 is 0 Å². The smallest absolute Gasteiger partial charge is 0.239 e. The van der Waals surface area contributed by atoms with Crippen LogP contribution in [0.5, 0.6) is 0 Å². The molecule has 114 valence electrons. The van der Waals surface area contributed by atoms with Crippen LogP contribution in [0.4, 0.5) is 0 Å². The predicted octanol–water partition coefficient (Wildman–Crippen LogP) is 3.56. The Kier molecular flexibility index (Phi) is 6.53. The van der Waals surface area contributed by atoms with E-state index in [1.165, 1.54) is 43.7 Å². The van der Waals surface area contributed by atoms with E-state index < -0.39 is 0 Å². The summed E-state index contributed by atoms with van der Waals surface area (Å²) >= 11 is 1.46. The number of hydrogen-bond acceptors (Lipinski definition) is 5. The van der Waals surface area contributed by atoms with Crippen molar-refractivity contribution in [3.8, 4) is 0 Å². The number of nitrogens with zero attached hydrogens (tertiary/aromatic N) is 2. The molecule has 1 aromatic heterocycles. The van der Waals surface area contributed by atoms with Gasteiger partial charge in [0.05, 0.1) is 17.7 Å². The number of carbonyl (C=O) groups excluding carboxylic acids is 1. The number of carbonyl (C=O) groups is 1. The molecule has 0 saturated carbocycles. The number of rotatable bonds is 8. The molecule has 1 aromatic rings. The Hall–Kier alpha value is -1.56. The highest BCUT2D eigenvalue weighted by Crippen LogP contribution is 2.24. The van der Waals surface area contributed by atoms with Crippen molar-refractivity contribution in [3.05, 3.63) is 24.2 Å². The van der Waals surface area contributed by atoms with Crippen LogP contribution in [0.3, 0.4) is 0 Å². The molecule has 21 heavy (non-hydrogen) atoms. The van der Waals surface area contributed by atoms with E-state index in [1.807, 2.05) is 0 Å². The molecule has 1 unspecified atom stereocenters. The maximum atomic E-state index is 11.8. The second-order valence-corrected chi connectivity index (χ2v) is 6.16. The van der Waals surface area contributed by atoms with Gasteiger partial charge in [-0.2, -0.15) is 5.10 Å². The van der Waals surface area contributed by atoms with Gasteiger partial charge in [-0.1, -0.05) is 50.8 Å². The monoisotopic (exact) mass is 307 g/mol. The van der Waals surface area contributed by atoms with E-state index in [1.54, 1.807) is 18.4 Å². The molecular formula is C15H21N3O2S. The fourth-order valence-corrected chi connectivity index (χ4v) is 3.05. The summed E-state index contributed by atoms with van der Waals surface area (Å²) in [5, 5.41) is 11.2. The second kappa shape index (κ2) is 8.67. The largest absolute Gasteiger partial charge is 0.463 e. The molecule has 6 heteroatoms. The molecule has 5 nitrogen and oxygen atoms in total. The van der Waals surface area contributed by atoms with Crippen molar-refractivity contribution in [2.24, 2.45) is 10.2 Å². The topological polar surface area (TPSA) is 67.0 Å². The van der Waals surface area contributed by atoms with E-state index in [4.69, 9.17) is 4.42 Å². The van der Waals surface area contributed by atoms with Crippen molar-refractivity contribution in [1.82, 2.24) is 5.32 Å². The number of nitrogens with one attached hydrogen (secondary N) is 1. The summed E-state index contributed by atoms with van der Waals surface area (Å²) in [6.45, 7) is 2.20. The summed E-state index contributed by atoms with van der Waals surface area (Å²) in [4.78, 5) is 11.8. The van der Waals surface area contributed by atoms with E-state index in [0.29, 0.717) is 10.9 Å². The van der Waals surface area contributed by atoms with Crippen LogP contribution in [-0.2, 0) is 4.79 Å². The molecule has 0 bridgehead atoms. The quantitative estimate of drug-likeness (QED) is 0.453. The Morgan fingerprint density at radius 2 is 2.24 bits per heavy atom. The van der Waals surface area contributed by atoms with Gasteiger partial charge in [0.15, 0.2) is 5.17 Å². The van der Waals surface area contributed by atoms with Crippen LogP contribution in [0.15, 0.2) is 33.0 Å². The molecule has 1 fully saturated rings. The van der Waals surface area contributed by atoms with Gasteiger partial charge in [0.25, 0.3) is 0 Å². The van der Waals surface area contributed by atoms with Gasteiger partial charge in [-0.25, -0.2) is 0 Å². The average Bonchev–Trinajstić information content (AvgIpc) is 3.09. The van der Waals surface area contributed by atoms with Crippen LogP contribution in [0, 0.1) is 0 Å². The van der Waals surface area contributed by atoms with Crippen molar-refractivity contribution in [3.63, 3.8) is 0 Å². The van der Waals surface area contributed by atoms with Gasteiger partial charge < -0.3 is 9.73 Å². The summed E-state index contributed by atoms with van der Waals surface area (Å²) in [5.74, 6) is 0.684. The van der Waals surface area contributed by atoms with E-state index in [2.05, 4.69) is 22.4 Å². The van der Waals surface area contributed by atoms with Crippen molar-refractivity contribution in [2.45, 2.75) is 50.7 Å². The third-order valence-corrected chi connectivity index (χ3v) is 4.36. The fourth-order valence-electron chi connectivity index (χ4n) is 2.08. The molecule has 1 aliphatic heterocycles. The van der Waals surface area contributed by atoms with E-state index in [0.717, 1.165) is 12.8 Å². The molecule has 1 saturated heterocycles. The molecule has 1 N–H and O–H groups in total. The minimum atomic E-state index is -0.0239. The molecule has 0 aromatic carbocycles. The molecular weight excluding hydrogens is 286 g/mol. The molecule has 1 aliphatic rings. The number of unbranched alkanes of at least 4 members (excludes halogenated alkanes) is 4. The summed E-state index contributed by atoms with van der Waals surface area (Å²) in [6, 6.07) is 3.58. The molecule has 1 amide bonds. The van der Waals surface area contributed by atoms with Crippen LogP contribution in [-0.4, -0.2) is 22.5 Å². The van der Waals surface area contributed by atoms with Crippen molar-refractivity contribution < 1.29 is 9.21 Å². The molecule has 0 radical (unpaired) electrons. The first-order valence-electron chi connectivity index (χ1n) is 7.41. The molecule has 2 rings (SSSR count). The number of amidine groups is 1. The van der Waals surface area contributed by atoms with Gasteiger partial charge in [-0.3, -0.25) is 4.79 Å². The lowest BCUT2D eigenvalue weighted by Gasteiger charge is -2.04. The Morgan fingerprint density at radius 3 is 3.00 bits per heavy atom. The third-order valence-electron chi connectivity index (χ3n) is 3.22. The highest BCUT2D eigenvalue weighted by Gasteiger charge is 2.29. The number of amides is 1. The minimum absolute atomic E-state index is 0.0239. The van der Waals surface area contributed by atoms with Gasteiger partial charge in [0.2, 0.25) is 5.91 Å². The number of hydrogen-bond donors (Lipinski definition) is 1. The number of thioether (sulfide) groups is 1. The van der Waals surface area contributed by atoms with Crippen molar-refractivity contribution in [2.75, 3.05) is 0 Å². The highest BCUT2D eigenvalue weighted by molar-refractivity contribution is 8.15. The Labute approximate surface area is 129 Å². The summed E-state index contributed by atoms with van der Waals surface area (Å²) in [5.41, 5.74) is 0.